The zero-order valence-corrected chi connectivity index (χ0v) is 17.3. The van der Waals surface area contributed by atoms with Crippen molar-refractivity contribution in [3.63, 3.8) is 0 Å². The summed E-state index contributed by atoms with van der Waals surface area (Å²) in [7, 11) is 0. The van der Waals surface area contributed by atoms with E-state index >= 15 is 0 Å². The summed E-state index contributed by atoms with van der Waals surface area (Å²) in [6.45, 7) is 4.35. The number of fused-ring (bicyclic) bond motifs is 1. The van der Waals surface area contributed by atoms with Gasteiger partial charge in [0.05, 0.1) is 10.9 Å². The Kier molecular flexibility index (Phi) is 5.72. The first-order chi connectivity index (χ1) is 14.4. The quantitative estimate of drug-likeness (QED) is 0.594. The Morgan fingerprint density at radius 3 is 2.53 bits per heavy atom. The van der Waals surface area contributed by atoms with Gasteiger partial charge in [0.1, 0.15) is 23.5 Å². The number of ether oxygens (including phenoxy) is 1. The van der Waals surface area contributed by atoms with Crippen molar-refractivity contribution < 1.29 is 9.13 Å². The van der Waals surface area contributed by atoms with Gasteiger partial charge in [0.2, 0.25) is 5.95 Å². The van der Waals surface area contributed by atoms with Crippen molar-refractivity contribution in [1.82, 2.24) is 15.3 Å². The molecule has 0 saturated carbocycles. The van der Waals surface area contributed by atoms with Gasteiger partial charge in [-0.3, -0.25) is 0 Å². The molecular formula is C23H28FN5O. The highest BCUT2D eigenvalue weighted by Gasteiger charge is 2.32. The molecule has 158 valence electrons. The molecule has 1 aliphatic rings. The van der Waals surface area contributed by atoms with Crippen LogP contribution >= 0.6 is 0 Å². The number of rotatable bonds is 5. The van der Waals surface area contributed by atoms with E-state index in [0.717, 1.165) is 12.8 Å². The first-order valence-corrected chi connectivity index (χ1v) is 10.4. The third-order valence-corrected chi connectivity index (χ3v) is 5.80. The van der Waals surface area contributed by atoms with E-state index < -0.39 is 0 Å². The Morgan fingerprint density at radius 1 is 1.07 bits per heavy atom. The summed E-state index contributed by atoms with van der Waals surface area (Å²) >= 11 is 0. The second-order valence-corrected chi connectivity index (χ2v) is 8.27. The molecular weight excluding hydrogens is 381 g/mol. The molecule has 0 amide bonds. The largest absolute Gasteiger partial charge is 0.489 e. The molecule has 3 aromatic rings. The van der Waals surface area contributed by atoms with Crippen LogP contribution in [-0.4, -0.2) is 28.2 Å². The number of anilines is 2. The van der Waals surface area contributed by atoms with Crippen molar-refractivity contribution in [3.05, 3.63) is 53.8 Å². The fourth-order valence-electron chi connectivity index (χ4n) is 4.57. The molecule has 7 heteroatoms. The first kappa shape index (κ1) is 20.3. The molecule has 0 aliphatic carbocycles. The molecule has 3 atom stereocenters. The van der Waals surface area contributed by atoms with Crippen molar-refractivity contribution in [3.8, 4) is 5.75 Å². The second kappa shape index (κ2) is 8.44. The Labute approximate surface area is 175 Å². The topological polar surface area (TPSA) is 99.1 Å². The smallest absolute Gasteiger partial charge is 0.222 e. The molecule has 0 bridgehead atoms. The van der Waals surface area contributed by atoms with Crippen LogP contribution in [0, 0.1) is 11.7 Å². The van der Waals surface area contributed by atoms with Crippen molar-refractivity contribution in [2.75, 3.05) is 11.5 Å². The predicted octanol–water partition coefficient (Wildman–Crippen LogP) is 3.70. The zero-order chi connectivity index (χ0) is 21.3. The van der Waals surface area contributed by atoms with Gasteiger partial charge in [-0.2, -0.15) is 4.98 Å². The lowest BCUT2D eigenvalue weighted by Gasteiger charge is -2.37. The molecule has 3 unspecified atom stereocenters. The summed E-state index contributed by atoms with van der Waals surface area (Å²) in [4.78, 5) is 8.37. The van der Waals surface area contributed by atoms with E-state index in [1.165, 1.54) is 6.07 Å². The summed E-state index contributed by atoms with van der Waals surface area (Å²) < 4.78 is 21.0. The molecule has 30 heavy (non-hydrogen) atoms. The standard InChI is InChI=1S/C23H28FN5O/c1-13-10-16(11-14(2)27-13)20(12-15-6-3-4-7-17(15)24)30-19-9-5-8-18-21(19)22(25)29-23(26)28-18/h3-9,13-14,16,20,27H,10-12H2,1-2H3,(H4,25,26,28,29). The van der Waals surface area contributed by atoms with Gasteiger partial charge in [-0.1, -0.05) is 24.3 Å². The number of nitrogens with two attached hydrogens (primary N) is 2. The fraction of sp³-hybridized carbons (Fsp3) is 0.391. The van der Waals surface area contributed by atoms with Gasteiger partial charge in [-0.15, -0.1) is 0 Å². The molecule has 0 radical (unpaired) electrons. The van der Waals surface area contributed by atoms with E-state index in [2.05, 4.69) is 29.1 Å². The van der Waals surface area contributed by atoms with E-state index in [1.807, 2.05) is 30.3 Å². The SMILES string of the molecule is CC1CC(C(Cc2ccccc2F)Oc2cccc3nc(N)nc(N)c23)CC(C)N1. The number of aromatic nitrogens is 2. The second-order valence-electron chi connectivity index (χ2n) is 8.27. The van der Waals surface area contributed by atoms with Gasteiger partial charge < -0.3 is 21.5 Å². The molecule has 1 fully saturated rings. The van der Waals surface area contributed by atoms with Crippen LogP contribution < -0.4 is 21.5 Å². The Balaban J connectivity index is 1.71. The highest BCUT2D eigenvalue weighted by molar-refractivity contribution is 5.94. The van der Waals surface area contributed by atoms with Crippen LogP contribution in [0.2, 0.25) is 0 Å². The minimum atomic E-state index is -0.213. The van der Waals surface area contributed by atoms with Gasteiger partial charge >= 0.3 is 0 Å². The Bertz CT molecular complexity index is 1030. The van der Waals surface area contributed by atoms with E-state index in [9.17, 15) is 4.39 Å². The van der Waals surface area contributed by atoms with Crippen molar-refractivity contribution in [2.45, 2.75) is 51.3 Å². The third kappa shape index (κ3) is 4.31. The number of nitrogen functional groups attached to an aromatic ring is 2. The number of nitrogens with zero attached hydrogens (tertiary/aromatic N) is 2. The molecule has 1 aromatic heterocycles. The molecule has 0 spiro atoms. The molecule has 5 N–H and O–H groups in total. The monoisotopic (exact) mass is 409 g/mol. The lowest BCUT2D eigenvalue weighted by Crippen LogP contribution is -2.47. The molecule has 2 aromatic carbocycles. The highest BCUT2D eigenvalue weighted by Crippen LogP contribution is 2.34. The van der Waals surface area contributed by atoms with Crippen LogP contribution in [0.3, 0.4) is 0 Å². The molecule has 1 aliphatic heterocycles. The maximum atomic E-state index is 14.4. The normalized spacial score (nSPS) is 22.7. The van der Waals surface area contributed by atoms with E-state index in [4.69, 9.17) is 16.2 Å². The van der Waals surface area contributed by atoms with Crippen LogP contribution in [0.1, 0.15) is 32.3 Å². The Hall–Kier alpha value is -2.93. The summed E-state index contributed by atoms with van der Waals surface area (Å²) in [5, 5.41) is 4.20. The number of benzene rings is 2. The first-order valence-electron chi connectivity index (χ1n) is 10.4. The number of hydrogen-bond donors (Lipinski definition) is 3. The summed E-state index contributed by atoms with van der Waals surface area (Å²) in [6.07, 6.45) is 2.17. The maximum absolute atomic E-state index is 14.4. The minimum absolute atomic E-state index is 0.126. The van der Waals surface area contributed by atoms with Crippen LogP contribution in [-0.2, 0) is 6.42 Å². The van der Waals surface area contributed by atoms with Gasteiger partial charge in [-0.05, 0) is 56.4 Å². The fourth-order valence-corrected chi connectivity index (χ4v) is 4.57. The van der Waals surface area contributed by atoms with E-state index in [0.29, 0.717) is 40.7 Å². The molecule has 2 heterocycles. The van der Waals surface area contributed by atoms with Crippen LogP contribution in [0.25, 0.3) is 10.9 Å². The van der Waals surface area contributed by atoms with Gasteiger partial charge in [0.15, 0.2) is 0 Å². The number of piperidine rings is 1. The summed E-state index contributed by atoms with van der Waals surface area (Å²) in [5.74, 6) is 1.06. The Morgan fingerprint density at radius 2 is 1.80 bits per heavy atom. The molecule has 4 rings (SSSR count). The van der Waals surface area contributed by atoms with Crippen molar-refractivity contribution >= 4 is 22.7 Å². The predicted molar refractivity (Wildman–Crippen MR) is 118 cm³/mol. The van der Waals surface area contributed by atoms with Crippen LogP contribution in [0.15, 0.2) is 42.5 Å². The number of halogens is 1. The lowest BCUT2D eigenvalue weighted by atomic mass is 9.82. The van der Waals surface area contributed by atoms with E-state index in [1.54, 1.807) is 6.07 Å². The average molecular weight is 410 g/mol. The maximum Gasteiger partial charge on any atom is 0.222 e. The summed E-state index contributed by atoms with van der Waals surface area (Å²) in [5.41, 5.74) is 13.2. The van der Waals surface area contributed by atoms with E-state index in [-0.39, 0.29) is 29.6 Å². The van der Waals surface area contributed by atoms with Crippen LogP contribution in [0.5, 0.6) is 5.75 Å². The summed E-state index contributed by atoms with van der Waals surface area (Å²) in [6, 6.07) is 13.2. The third-order valence-electron chi connectivity index (χ3n) is 5.80. The number of nitrogens with one attached hydrogen (secondary N) is 1. The van der Waals surface area contributed by atoms with Gasteiger partial charge in [0, 0.05) is 18.5 Å². The molecule has 1 saturated heterocycles. The highest BCUT2D eigenvalue weighted by atomic mass is 19.1. The lowest BCUT2D eigenvalue weighted by molar-refractivity contribution is 0.0902. The number of hydrogen-bond acceptors (Lipinski definition) is 6. The molecule has 6 nitrogen and oxygen atoms in total. The zero-order valence-electron chi connectivity index (χ0n) is 17.3. The van der Waals surface area contributed by atoms with Gasteiger partial charge in [-0.25, -0.2) is 9.37 Å². The van der Waals surface area contributed by atoms with Crippen molar-refractivity contribution in [1.29, 1.82) is 0 Å². The van der Waals surface area contributed by atoms with Crippen LogP contribution in [0.4, 0.5) is 16.2 Å². The van der Waals surface area contributed by atoms with Gasteiger partial charge in [0.25, 0.3) is 0 Å². The minimum Gasteiger partial charge on any atom is -0.489 e. The average Bonchev–Trinajstić information content (AvgIpc) is 2.68. The van der Waals surface area contributed by atoms with Crippen molar-refractivity contribution in [2.24, 2.45) is 5.92 Å².